The molecule has 2 atom stereocenters. The second-order valence-corrected chi connectivity index (χ2v) is 6.43. The minimum atomic E-state index is -1.44. The third kappa shape index (κ3) is 3.64. The molecule has 0 bridgehead atoms. The fourth-order valence-corrected chi connectivity index (χ4v) is 3.32. The summed E-state index contributed by atoms with van der Waals surface area (Å²) in [4.78, 5) is 0. The van der Waals surface area contributed by atoms with E-state index in [1.807, 2.05) is 12.1 Å². The van der Waals surface area contributed by atoms with Crippen LogP contribution in [0.2, 0.25) is 0 Å². The molecule has 1 saturated heterocycles. The van der Waals surface area contributed by atoms with E-state index in [4.69, 9.17) is 4.74 Å². The van der Waals surface area contributed by atoms with Gasteiger partial charge >= 0.3 is 0 Å². The van der Waals surface area contributed by atoms with Gasteiger partial charge in [-0.3, -0.25) is 0 Å². The van der Waals surface area contributed by atoms with Gasteiger partial charge in [-0.05, 0) is 54.0 Å². The Labute approximate surface area is 140 Å². The molecule has 2 aromatic rings. The van der Waals surface area contributed by atoms with Crippen molar-refractivity contribution in [2.45, 2.75) is 38.7 Å². The quantitative estimate of drug-likeness (QED) is 0.620. The summed E-state index contributed by atoms with van der Waals surface area (Å²) in [6.45, 7) is 2.97. The van der Waals surface area contributed by atoms with Gasteiger partial charge in [0.05, 0.1) is 12.7 Å². The van der Waals surface area contributed by atoms with Crippen LogP contribution in [-0.4, -0.2) is 6.61 Å². The zero-order chi connectivity index (χ0) is 17.1. The highest BCUT2D eigenvalue weighted by Crippen LogP contribution is 2.33. The standard InChI is InChI=1S/C20H21F3O/c1-2-3-13-4-9-19(24-12-13)15-7-5-14(6-8-15)16-10-17(21)20(23)18(22)11-16/h5-8,10-11,13,19H,2-4,9,12H2,1H3. The minimum Gasteiger partial charge on any atom is -0.373 e. The van der Waals surface area contributed by atoms with Crippen molar-refractivity contribution in [3.8, 4) is 11.1 Å². The second-order valence-electron chi connectivity index (χ2n) is 6.43. The summed E-state index contributed by atoms with van der Waals surface area (Å²) in [7, 11) is 0. The molecule has 0 saturated carbocycles. The molecule has 4 heteroatoms. The van der Waals surface area contributed by atoms with Crippen LogP contribution in [0.5, 0.6) is 0 Å². The lowest BCUT2D eigenvalue weighted by Gasteiger charge is -2.29. The lowest BCUT2D eigenvalue weighted by atomic mass is 9.91. The van der Waals surface area contributed by atoms with E-state index in [-0.39, 0.29) is 6.10 Å². The van der Waals surface area contributed by atoms with Crippen LogP contribution in [0.25, 0.3) is 11.1 Å². The normalized spacial score (nSPS) is 21.0. The number of halogens is 3. The summed E-state index contributed by atoms with van der Waals surface area (Å²) in [5.41, 5.74) is 2.04. The first-order chi connectivity index (χ1) is 11.6. The maximum absolute atomic E-state index is 13.4. The molecule has 0 amide bonds. The Morgan fingerprint density at radius 2 is 1.62 bits per heavy atom. The monoisotopic (exact) mass is 334 g/mol. The Balaban J connectivity index is 1.72. The molecule has 2 aromatic carbocycles. The summed E-state index contributed by atoms with van der Waals surface area (Å²) in [6, 6.07) is 9.45. The van der Waals surface area contributed by atoms with Crippen LogP contribution in [0.4, 0.5) is 13.2 Å². The molecule has 2 unspecified atom stereocenters. The van der Waals surface area contributed by atoms with Crippen molar-refractivity contribution in [2.75, 3.05) is 6.61 Å². The van der Waals surface area contributed by atoms with E-state index in [9.17, 15) is 13.2 Å². The van der Waals surface area contributed by atoms with Gasteiger partial charge in [-0.15, -0.1) is 0 Å². The fourth-order valence-electron chi connectivity index (χ4n) is 3.32. The highest BCUT2D eigenvalue weighted by atomic mass is 19.2. The van der Waals surface area contributed by atoms with Gasteiger partial charge in [-0.25, -0.2) is 13.2 Å². The van der Waals surface area contributed by atoms with Crippen LogP contribution in [0.1, 0.15) is 44.3 Å². The molecule has 24 heavy (non-hydrogen) atoms. The maximum Gasteiger partial charge on any atom is 0.194 e. The summed E-state index contributed by atoms with van der Waals surface area (Å²) in [6.07, 6.45) is 4.61. The zero-order valence-electron chi connectivity index (χ0n) is 13.7. The topological polar surface area (TPSA) is 9.23 Å². The first-order valence-corrected chi connectivity index (χ1v) is 8.45. The van der Waals surface area contributed by atoms with Crippen LogP contribution in [0.15, 0.2) is 36.4 Å². The third-order valence-electron chi connectivity index (χ3n) is 4.67. The van der Waals surface area contributed by atoms with Crippen molar-refractivity contribution < 1.29 is 17.9 Å². The Kier molecular flexibility index (Phi) is 5.24. The van der Waals surface area contributed by atoms with Crippen molar-refractivity contribution in [2.24, 2.45) is 5.92 Å². The molecule has 3 rings (SSSR count). The molecular weight excluding hydrogens is 313 g/mol. The van der Waals surface area contributed by atoms with Crippen molar-refractivity contribution in [1.29, 1.82) is 0 Å². The third-order valence-corrected chi connectivity index (χ3v) is 4.67. The minimum absolute atomic E-state index is 0.0776. The molecule has 1 aliphatic rings. The zero-order valence-corrected chi connectivity index (χ0v) is 13.7. The summed E-state index contributed by atoms with van der Waals surface area (Å²) < 4.78 is 45.7. The predicted molar refractivity (Wildman–Crippen MR) is 88.1 cm³/mol. The Bertz CT molecular complexity index is 666. The Morgan fingerprint density at radius 1 is 0.958 bits per heavy atom. The van der Waals surface area contributed by atoms with Crippen molar-refractivity contribution >= 4 is 0 Å². The fraction of sp³-hybridized carbons (Fsp3) is 0.400. The molecule has 1 nitrogen and oxygen atoms in total. The first kappa shape index (κ1) is 17.0. The van der Waals surface area contributed by atoms with Gasteiger partial charge in [-0.2, -0.15) is 0 Å². The largest absolute Gasteiger partial charge is 0.373 e. The highest BCUT2D eigenvalue weighted by molar-refractivity contribution is 5.64. The molecule has 1 fully saturated rings. The summed E-state index contributed by atoms with van der Waals surface area (Å²) in [5, 5.41) is 0. The molecule has 128 valence electrons. The highest BCUT2D eigenvalue weighted by Gasteiger charge is 2.22. The maximum atomic E-state index is 13.4. The van der Waals surface area contributed by atoms with Gasteiger partial charge in [0.1, 0.15) is 0 Å². The SMILES string of the molecule is CCCC1CCC(c2ccc(-c3cc(F)c(F)c(F)c3)cc2)OC1. The van der Waals surface area contributed by atoms with Crippen LogP contribution in [0.3, 0.4) is 0 Å². The van der Waals surface area contributed by atoms with Gasteiger partial charge in [-0.1, -0.05) is 37.6 Å². The van der Waals surface area contributed by atoms with E-state index in [0.29, 0.717) is 17.0 Å². The second kappa shape index (κ2) is 7.39. The number of benzene rings is 2. The molecule has 0 spiro atoms. The van der Waals surface area contributed by atoms with E-state index >= 15 is 0 Å². The molecule has 0 aromatic heterocycles. The van der Waals surface area contributed by atoms with E-state index in [0.717, 1.165) is 37.1 Å². The summed E-state index contributed by atoms with van der Waals surface area (Å²) >= 11 is 0. The molecule has 1 aliphatic heterocycles. The van der Waals surface area contributed by atoms with E-state index < -0.39 is 17.5 Å². The molecule has 0 radical (unpaired) electrons. The number of hydrogen-bond acceptors (Lipinski definition) is 1. The predicted octanol–water partition coefficient (Wildman–Crippen LogP) is 6.04. The van der Waals surface area contributed by atoms with E-state index in [1.165, 1.54) is 12.8 Å². The van der Waals surface area contributed by atoms with E-state index in [2.05, 4.69) is 6.92 Å². The lowest BCUT2D eigenvalue weighted by Crippen LogP contribution is -2.20. The summed E-state index contributed by atoms with van der Waals surface area (Å²) in [5.74, 6) is -3.14. The van der Waals surface area contributed by atoms with Crippen molar-refractivity contribution in [3.63, 3.8) is 0 Å². The molecule has 1 heterocycles. The number of ether oxygens (including phenoxy) is 1. The van der Waals surface area contributed by atoms with Crippen LogP contribution in [0, 0.1) is 23.4 Å². The average molecular weight is 334 g/mol. The Hall–Kier alpha value is -1.81. The van der Waals surface area contributed by atoms with Crippen molar-refractivity contribution in [3.05, 3.63) is 59.4 Å². The van der Waals surface area contributed by atoms with Crippen LogP contribution in [-0.2, 0) is 4.74 Å². The number of hydrogen-bond donors (Lipinski definition) is 0. The van der Waals surface area contributed by atoms with Crippen molar-refractivity contribution in [1.82, 2.24) is 0 Å². The van der Waals surface area contributed by atoms with Crippen LogP contribution < -0.4 is 0 Å². The lowest BCUT2D eigenvalue weighted by molar-refractivity contribution is -0.0194. The van der Waals surface area contributed by atoms with Crippen LogP contribution >= 0.6 is 0 Å². The van der Waals surface area contributed by atoms with E-state index in [1.54, 1.807) is 12.1 Å². The molecule has 0 N–H and O–H groups in total. The Morgan fingerprint density at radius 3 is 2.17 bits per heavy atom. The van der Waals surface area contributed by atoms with Gasteiger partial charge in [0, 0.05) is 0 Å². The average Bonchev–Trinajstić information content (AvgIpc) is 2.60. The smallest absolute Gasteiger partial charge is 0.194 e. The number of rotatable bonds is 4. The van der Waals surface area contributed by atoms with Gasteiger partial charge in [0.25, 0.3) is 0 Å². The molecular formula is C20H21F3O. The van der Waals surface area contributed by atoms with Gasteiger partial charge in [0.15, 0.2) is 17.5 Å². The first-order valence-electron chi connectivity index (χ1n) is 8.45. The van der Waals surface area contributed by atoms with Gasteiger partial charge in [0.2, 0.25) is 0 Å². The van der Waals surface area contributed by atoms with Gasteiger partial charge < -0.3 is 4.74 Å². The molecule has 0 aliphatic carbocycles.